The number of piperazine rings is 1. The van der Waals surface area contributed by atoms with E-state index < -0.39 is 11.6 Å². The van der Waals surface area contributed by atoms with Crippen molar-refractivity contribution in [2.45, 2.75) is 68.9 Å². The molecule has 1 aromatic carbocycles. The molecule has 4 fully saturated rings. The van der Waals surface area contributed by atoms with E-state index in [2.05, 4.69) is 6.07 Å². The Morgan fingerprint density at radius 3 is 2.65 bits per heavy atom. The average molecular weight is 426 g/mol. The van der Waals surface area contributed by atoms with Crippen LogP contribution in [0.3, 0.4) is 0 Å². The highest BCUT2D eigenvalue weighted by atomic mass is 19.1. The minimum Gasteiger partial charge on any atom is -0.328 e. The summed E-state index contributed by atoms with van der Waals surface area (Å²) >= 11 is 0. The fourth-order valence-corrected chi connectivity index (χ4v) is 6.01. The zero-order chi connectivity index (χ0) is 22.1. The SMILES string of the molecule is CC(C)(c1ccc(F)cc1)N1C(=O)[C@H]2CC1CN2C[C@H](N)C(=O)N1[C@H](C#N)C[C@@H]2C[C@@H]21. The van der Waals surface area contributed by atoms with Crippen molar-refractivity contribution in [3.63, 3.8) is 0 Å². The van der Waals surface area contributed by atoms with Crippen molar-refractivity contribution in [2.75, 3.05) is 13.1 Å². The molecule has 1 unspecified atom stereocenters. The van der Waals surface area contributed by atoms with E-state index in [4.69, 9.17) is 5.73 Å². The van der Waals surface area contributed by atoms with Crippen LogP contribution in [-0.4, -0.2) is 69.8 Å². The molecule has 0 aromatic heterocycles. The van der Waals surface area contributed by atoms with E-state index in [0.717, 1.165) is 18.4 Å². The molecule has 2 N–H and O–H groups in total. The lowest BCUT2D eigenvalue weighted by Crippen LogP contribution is -2.59. The number of nitriles is 1. The highest BCUT2D eigenvalue weighted by molar-refractivity contribution is 5.87. The third-order valence-corrected chi connectivity index (χ3v) is 7.68. The molecule has 1 aliphatic carbocycles. The first-order valence-electron chi connectivity index (χ1n) is 11.0. The second-order valence-corrected chi connectivity index (χ2v) is 9.93. The highest BCUT2D eigenvalue weighted by Crippen LogP contribution is 2.48. The van der Waals surface area contributed by atoms with E-state index in [1.807, 2.05) is 23.6 Å². The number of carbonyl (C=O) groups is 2. The van der Waals surface area contributed by atoms with E-state index in [0.29, 0.717) is 25.4 Å². The number of benzene rings is 1. The standard InChI is InChI=1S/C23H28FN5O2/c1-23(2,14-3-5-15(24)6-4-14)29-17-9-20(22(29)31)27(11-17)12-18(26)21(30)28-16(10-25)7-13-8-19(13)28/h3-6,13,16-20H,7-9,11-12,26H2,1-2H3/t13-,16+,17?,18+,19+,20-/m1/s1. The maximum absolute atomic E-state index is 13.4. The lowest BCUT2D eigenvalue weighted by molar-refractivity contribution is -0.144. The molecule has 164 valence electrons. The second-order valence-electron chi connectivity index (χ2n) is 9.93. The zero-order valence-electron chi connectivity index (χ0n) is 17.9. The summed E-state index contributed by atoms with van der Waals surface area (Å²) in [6.07, 6.45) is 2.43. The summed E-state index contributed by atoms with van der Waals surface area (Å²) in [5.74, 6) is 0.0130. The van der Waals surface area contributed by atoms with Crippen LogP contribution in [0.4, 0.5) is 4.39 Å². The molecule has 1 saturated carbocycles. The van der Waals surface area contributed by atoms with Crippen molar-refractivity contribution >= 4 is 11.8 Å². The molecule has 8 heteroatoms. The van der Waals surface area contributed by atoms with Gasteiger partial charge in [-0.2, -0.15) is 5.26 Å². The van der Waals surface area contributed by atoms with Gasteiger partial charge in [0.15, 0.2) is 0 Å². The summed E-state index contributed by atoms with van der Waals surface area (Å²) in [6, 6.07) is 7.35. The van der Waals surface area contributed by atoms with Crippen LogP contribution < -0.4 is 5.73 Å². The molecule has 31 heavy (non-hydrogen) atoms. The normalized spacial score (nSPS) is 32.9. The van der Waals surface area contributed by atoms with Gasteiger partial charge in [0.05, 0.1) is 23.7 Å². The van der Waals surface area contributed by atoms with Crippen LogP contribution in [0.2, 0.25) is 0 Å². The van der Waals surface area contributed by atoms with Crippen molar-refractivity contribution in [2.24, 2.45) is 11.7 Å². The molecule has 3 saturated heterocycles. The van der Waals surface area contributed by atoms with E-state index in [-0.39, 0.29) is 41.8 Å². The summed E-state index contributed by atoms with van der Waals surface area (Å²) in [5, 5.41) is 9.36. The molecule has 7 nitrogen and oxygen atoms in total. The van der Waals surface area contributed by atoms with Gasteiger partial charge in [-0.05, 0) is 56.7 Å². The minimum atomic E-state index is -0.735. The largest absolute Gasteiger partial charge is 0.328 e. The van der Waals surface area contributed by atoms with E-state index >= 15 is 0 Å². The highest BCUT2D eigenvalue weighted by Gasteiger charge is 2.57. The van der Waals surface area contributed by atoms with Gasteiger partial charge in [0.2, 0.25) is 11.8 Å². The van der Waals surface area contributed by atoms with Crippen LogP contribution in [-0.2, 0) is 15.1 Å². The molecule has 1 aromatic rings. The smallest absolute Gasteiger partial charge is 0.242 e. The van der Waals surface area contributed by atoms with Crippen LogP contribution in [0, 0.1) is 23.1 Å². The lowest BCUT2D eigenvalue weighted by atomic mass is 9.91. The van der Waals surface area contributed by atoms with Crippen LogP contribution >= 0.6 is 0 Å². The summed E-state index contributed by atoms with van der Waals surface area (Å²) in [5.41, 5.74) is 6.62. The zero-order valence-corrected chi connectivity index (χ0v) is 17.9. The van der Waals surface area contributed by atoms with Gasteiger partial charge in [-0.1, -0.05) is 12.1 Å². The van der Waals surface area contributed by atoms with Gasteiger partial charge in [-0.15, -0.1) is 0 Å². The van der Waals surface area contributed by atoms with Gasteiger partial charge < -0.3 is 15.5 Å². The number of piperidine rings is 1. The summed E-state index contributed by atoms with van der Waals surface area (Å²) in [6.45, 7) is 4.96. The van der Waals surface area contributed by atoms with Crippen LogP contribution in [0.1, 0.15) is 38.7 Å². The molecular weight excluding hydrogens is 397 g/mol. The molecule has 6 atom stereocenters. The third-order valence-electron chi connectivity index (χ3n) is 7.68. The quantitative estimate of drug-likeness (QED) is 0.765. The monoisotopic (exact) mass is 425 g/mol. The Morgan fingerprint density at radius 1 is 1.29 bits per heavy atom. The van der Waals surface area contributed by atoms with E-state index in [9.17, 15) is 19.2 Å². The number of nitrogens with zero attached hydrogens (tertiary/aromatic N) is 4. The first kappa shape index (κ1) is 20.4. The minimum absolute atomic E-state index is 0.0311. The van der Waals surface area contributed by atoms with Gasteiger partial charge in [0.1, 0.15) is 11.9 Å². The number of hydrogen-bond acceptors (Lipinski definition) is 5. The van der Waals surface area contributed by atoms with Crippen LogP contribution in [0.15, 0.2) is 24.3 Å². The molecule has 0 radical (unpaired) electrons. The van der Waals surface area contributed by atoms with Gasteiger partial charge in [0.25, 0.3) is 0 Å². The van der Waals surface area contributed by atoms with E-state index in [1.165, 1.54) is 12.1 Å². The number of likely N-dealkylation sites (tertiary alicyclic amines) is 3. The number of nitrogens with two attached hydrogens (primary N) is 1. The average Bonchev–Trinajstić information content (AvgIpc) is 3.06. The number of carbonyl (C=O) groups excluding carboxylic acids is 2. The van der Waals surface area contributed by atoms with Crippen molar-refractivity contribution in [1.82, 2.24) is 14.7 Å². The predicted molar refractivity (Wildman–Crippen MR) is 111 cm³/mol. The molecular formula is C23H28FN5O2. The number of fused-ring (bicyclic) bond motifs is 3. The number of rotatable bonds is 5. The van der Waals surface area contributed by atoms with Gasteiger partial charge in [-0.25, -0.2) is 4.39 Å². The Morgan fingerprint density at radius 2 is 2.00 bits per heavy atom. The maximum atomic E-state index is 13.4. The first-order chi connectivity index (χ1) is 14.7. The maximum Gasteiger partial charge on any atom is 0.242 e. The second kappa shape index (κ2) is 7.01. The van der Waals surface area contributed by atoms with Crippen LogP contribution in [0.5, 0.6) is 0 Å². The van der Waals surface area contributed by atoms with E-state index in [1.54, 1.807) is 17.0 Å². The molecule has 0 spiro atoms. The van der Waals surface area contributed by atoms with Gasteiger partial charge in [-0.3, -0.25) is 14.5 Å². The van der Waals surface area contributed by atoms with Crippen molar-refractivity contribution in [3.05, 3.63) is 35.6 Å². The Kier molecular flexibility index (Phi) is 4.61. The lowest BCUT2D eigenvalue weighted by Gasteiger charge is -2.44. The molecule has 4 aliphatic rings. The Labute approximate surface area is 181 Å². The molecule has 2 bridgehead atoms. The topological polar surface area (TPSA) is 93.7 Å². The fraction of sp³-hybridized carbons (Fsp3) is 0.609. The van der Waals surface area contributed by atoms with Crippen LogP contribution in [0.25, 0.3) is 0 Å². The van der Waals surface area contributed by atoms with Crippen molar-refractivity contribution in [3.8, 4) is 6.07 Å². The van der Waals surface area contributed by atoms with Gasteiger partial charge >= 0.3 is 0 Å². The molecule has 2 amide bonds. The third kappa shape index (κ3) is 3.14. The number of hydrogen-bond donors (Lipinski definition) is 1. The van der Waals surface area contributed by atoms with Crippen molar-refractivity contribution in [1.29, 1.82) is 5.26 Å². The van der Waals surface area contributed by atoms with Crippen molar-refractivity contribution < 1.29 is 14.0 Å². The molecule has 3 aliphatic heterocycles. The Hall–Kier alpha value is -2.50. The summed E-state index contributed by atoms with van der Waals surface area (Å²) in [7, 11) is 0. The predicted octanol–water partition coefficient (Wildman–Crippen LogP) is 1.19. The molecule has 3 heterocycles. The fourth-order valence-electron chi connectivity index (χ4n) is 6.01. The Bertz CT molecular complexity index is 958. The molecule has 5 rings (SSSR count). The Balaban J connectivity index is 1.26. The first-order valence-corrected chi connectivity index (χ1v) is 11.0. The summed E-state index contributed by atoms with van der Waals surface area (Å²) in [4.78, 5) is 31.8. The van der Waals surface area contributed by atoms with Gasteiger partial charge in [0, 0.05) is 25.2 Å². The summed E-state index contributed by atoms with van der Waals surface area (Å²) < 4.78 is 13.4. The number of amides is 2. The number of halogens is 1.